The van der Waals surface area contributed by atoms with Crippen molar-refractivity contribution in [1.82, 2.24) is 0 Å². The van der Waals surface area contributed by atoms with Crippen molar-refractivity contribution in [2.24, 2.45) is 0 Å². The summed E-state index contributed by atoms with van der Waals surface area (Å²) < 4.78 is 5.55. The molecule has 0 radical (unpaired) electrons. The molecule has 2 rings (SSSR count). The Labute approximate surface area is 107 Å². The third-order valence-electron chi connectivity index (χ3n) is 2.85. The van der Waals surface area contributed by atoms with Gasteiger partial charge in [-0.15, -0.1) is 0 Å². The van der Waals surface area contributed by atoms with Gasteiger partial charge >= 0.3 is 0 Å². The number of carbonyl (C=O) groups is 1. The van der Waals surface area contributed by atoms with Crippen LogP contribution in [0, 0.1) is 0 Å². The maximum atomic E-state index is 11.7. The number of ether oxygens (including phenoxy) is 1. The molecule has 92 valence electrons. The predicted molar refractivity (Wildman–Crippen MR) is 70.6 cm³/mol. The molecular formula is C14H18O2S. The highest BCUT2D eigenvalue weighted by Crippen LogP contribution is 2.30. The molecule has 0 aliphatic carbocycles. The Bertz CT molecular complexity index is 401. The summed E-state index contributed by atoms with van der Waals surface area (Å²) in [6.45, 7) is 2.92. The predicted octanol–water partition coefficient (Wildman–Crippen LogP) is 3.82. The van der Waals surface area contributed by atoms with Crippen LogP contribution in [0.1, 0.15) is 38.2 Å². The van der Waals surface area contributed by atoms with Gasteiger partial charge in [-0.25, -0.2) is 0 Å². The minimum atomic E-state index is 0.267. The van der Waals surface area contributed by atoms with Crippen LogP contribution in [-0.2, 0) is 11.2 Å². The van der Waals surface area contributed by atoms with E-state index >= 15 is 0 Å². The quantitative estimate of drug-likeness (QED) is 0.760. The fraction of sp³-hybridized carbons (Fsp3) is 0.500. The van der Waals surface area contributed by atoms with Crippen molar-refractivity contribution < 1.29 is 9.53 Å². The maximum Gasteiger partial charge on any atom is 0.193 e. The van der Waals surface area contributed by atoms with Crippen molar-refractivity contribution in [3.05, 3.63) is 23.8 Å². The number of unbranched alkanes of at least 4 members (excludes halogenated alkanes) is 1. The molecule has 2 nitrogen and oxygen atoms in total. The van der Waals surface area contributed by atoms with E-state index in [0.29, 0.717) is 6.42 Å². The highest BCUT2D eigenvalue weighted by molar-refractivity contribution is 8.13. The van der Waals surface area contributed by atoms with Gasteiger partial charge in [-0.1, -0.05) is 25.1 Å². The highest BCUT2D eigenvalue weighted by atomic mass is 32.2. The Hall–Kier alpha value is -0.960. The van der Waals surface area contributed by atoms with Gasteiger partial charge in [-0.2, -0.15) is 0 Å². The van der Waals surface area contributed by atoms with Gasteiger partial charge in [-0.3, -0.25) is 4.79 Å². The van der Waals surface area contributed by atoms with Gasteiger partial charge in [0.15, 0.2) is 5.12 Å². The second-order valence-corrected chi connectivity index (χ2v) is 5.43. The molecule has 1 aromatic rings. The van der Waals surface area contributed by atoms with E-state index in [1.54, 1.807) is 0 Å². The summed E-state index contributed by atoms with van der Waals surface area (Å²) in [6.07, 6.45) is 4.87. The lowest BCUT2D eigenvalue weighted by molar-refractivity contribution is -0.111. The smallest absolute Gasteiger partial charge is 0.193 e. The SMILES string of the molecule is CCCCC(=O)Sc1ccc2c(c1)CCCO2. The van der Waals surface area contributed by atoms with Gasteiger partial charge in [-0.05, 0) is 43.0 Å². The Morgan fingerprint density at radius 3 is 3.18 bits per heavy atom. The van der Waals surface area contributed by atoms with E-state index in [2.05, 4.69) is 13.0 Å². The lowest BCUT2D eigenvalue weighted by Gasteiger charge is -2.17. The zero-order valence-corrected chi connectivity index (χ0v) is 11.0. The first-order valence-electron chi connectivity index (χ1n) is 6.26. The summed E-state index contributed by atoms with van der Waals surface area (Å²) in [5.41, 5.74) is 1.24. The maximum absolute atomic E-state index is 11.7. The first-order chi connectivity index (χ1) is 8.29. The number of hydrogen-bond donors (Lipinski definition) is 0. The standard InChI is InChI=1S/C14H18O2S/c1-2-3-6-14(15)17-12-7-8-13-11(10-12)5-4-9-16-13/h7-8,10H,2-6,9H2,1H3. The zero-order valence-electron chi connectivity index (χ0n) is 10.2. The Morgan fingerprint density at radius 1 is 1.47 bits per heavy atom. The van der Waals surface area contributed by atoms with Crippen molar-refractivity contribution in [2.75, 3.05) is 6.61 Å². The molecule has 0 fully saturated rings. The molecule has 0 bridgehead atoms. The molecule has 0 aromatic heterocycles. The lowest BCUT2D eigenvalue weighted by Crippen LogP contribution is -2.08. The summed E-state index contributed by atoms with van der Waals surface area (Å²) in [4.78, 5) is 12.7. The minimum absolute atomic E-state index is 0.267. The van der Waals surface area contributed by atoms with E-state index in [1.807, 2.05) is 12.1 Å². The van der Waals surface area contributed by atoms with Crippen LogP contribution in [0.15, 0.2) is 23.1 Å². The second kappa shape index (κ2) is 6.10. The van der Waals surface area contributed by atoms with E-state index in [1.165, 1.54) is 17.3 Å². The number of fused-ring (bicyclic) bond motifs is 1. The number of carbonyl (C=O) groups excluding carboxylic acids is 1. The van der Waals surface area contributed by atoms with E-state index in [-0.39, 0.29) is 5.12 Å². The van der Waals surface area contributed by atoms with Gasteiger partial charge in [0.1, 0.15) is 5.75 Å². The van der Waals surface area contributed by atoms with Gasteiger partial charge in [0, 0.05) is 11.3 Å². The summed E-state index contributed by atoms with van der Waals surface area (Å²) in [5.74, 6) is 0.988. The fourth-order valence-electron chi connectivity index (χ4n) is 1.90. The van der Waals surface area contributed by atoms with Crippen molar-refractivity contribution in [2.45, 2.75) is 43.9 Å². The fourth-order valence-corrected chi connectivity index (χ4v) is 2.75. The molecule has 0 unspecified atom stereocenters. The molecule has 17 heavy (non-hydrogen) atoms. The first-order valence-corrected chi connectivity index (χ1v) is 7.07. The summed E-state index contributed by atoms with van der Waals surface area (Å²) >= 11 is 1.36. The number of thioether (sulfide) groups is 1. The summed E-state index contributed by atoms with van der Waals surface area (Å²) in [5, 5.41) is 0.267. The third-order valence-corrected chi connectivity index (χ3v) is 3.77. The number of hydrogen-bond acceptors (Lipinski definition) is 3. The Morgan fingerprint density at radius 2 is 2.35 bits per heavy atom. The molecule has 3 heteroatoms. The van der Waals surface area contributed by atoms with E-state index < -0.39 is 0 Å². The van der Waals surface area contributed by atoms with Crippen molar-refractivity contribution in [3.63, 3.8) is 0 Å². The Kier molecular flexibility index (Phi) is 4.49. The molecule has 0 atom stereocenters. The van der Waals surface area contributed by atoms with E-state index in [9.17, 15) is 4.79 Å². The lowest BCUT2D eigenvalue weighted by atomic mass is 10.1. The summed E-state index contributed by atoms with van der Waals surface area (Å²) in [6, 6.07) is 6.07. The molecule has 1 aliphatic heterocycles. The van der Waals surface area contributed by atoms with Gasteiger partial charge in [0.2, 0.25) is 0 Å². The van der Waals surface area contributed by atoms with Crippen molar-refractivity contribution in [1.29, 1.82) is 0 Å². The van der Waals surface area contributed by atoms with Crippen LogP contribution in [0.3, 0.4) is 0 Å². The summed E-state index contributed by atoms with van der Waals surface area (Å²) in [7, 11) is 0. The molecule has 0 spiro atoms. The highest BCUT2D eigenvalue weighted by Gasteiger charge is 2.12. The molecular weight excluding hydrogens is 232 g/mol. The van der Waals surface area contributed by atoms with Gasteiger partial charge < -0.3 is 4.74 Å². The van der Waals surface area contributed by atoms with E-state index in [4.69, 9.17) is 4.74 Å². The average molecular weight is 250 g/mol. The molecule has 1 aromatic carbocycles. The molecule has 1 heterocycles. The van der Waals surface area contributed by atoms with Crippen molar-refractivity contribution in [3.8, 4) is 5.75 Å². The zero-order chi connectivity index (χ0) is 12.1. The van der Waals surface area contributed by atoms with Gasteiger partial charge in [0.25, 0.3) is 0 Å². The van der Waals surface area contributed by atoms with Crippen LogP contribution in [0.4, 0.5) is 0 Å². The molecule has 0 saturated heterocycles. The molecule has 1 aliphatic rings. The van der Waals surface area contributed by atoms with Gasteiger partial charge in [0.05, 0.1) is 6.61 Å². The van der Waals surface area contributed by atoms with Crippen LogP contribution in [0.25, 0.3) is 0 Å². The first kappa shape index (κ1) is 12.5. The average Bonchev–Trinajstić information content (AvgIpc) is 2.36. The number of aryl methyl sites for hydroxylation is 1. The molecule has 0 saturated carbocycles. The second-order valence-electron chi connectivity index (χ2n) is 4.30. The van der Waals surface area contributed by atoms with Crippen LogP contribution in [0.2, 0.25) is 0 Å². The van der Waals surface area contributed by atoms with E-state index in [0.717, 1.165) is 42.9 Å². The van der Waals surface area contributed by atoms with Crippen molar-refractivity contribution >= 4 is 16.9 Å². The van der Waals surface area contributed by atoms with Crippen LogP contribution >= 0.6 is 11.8 Å². The largest absolute Gasteiger partial charge is 0.493 e. The number of rotatable bonds is 4. The topological polar surface area (TPSA) is 26.3 Å². The van der Waals surface area contributed by atoms with Crippen LogP contribution < -0.4 is 4.74 Å². The normalized spacial score (nSPS) is 13.9. The third kappa shape index (κ3) is 3.50. The molecule has 0 N–H and O–H groups in total. The Balaban J connectivity index is 1.99. The van der Waals surface area contributed by atoms with Crippen LogP contribution in [0.5, 0.6) is 5.75 Å². The minimum Gasteiger partial charge on any atom is -0.493 e. The monoisotopic (exact) mass is 250 g/mol. The number of benzene rings is 1. The van der Waals surface area contributed by atoms with Crippen LogP contribution in [-0.4, -0.2) is 11.7 Å². The molecule has 0 amide bonds.